The van der Waals surface area contributed by atoms with Crippen molar-refractivity contribution in [1.29, 1.82) is 0 Å². The number of hydrogen-bond acceptors (Lipinski definition) is 3. The summed E-state index contributed by atoms with van der Waals surface area (Å²) in [6, 6.07) is 0. The maximum absolute atomic E-state index is 2.76. The van der Waals surface area contributed by atoms with Crippen LogP contribution in [0.3, 0.4) is 0 Å². The molecule has 0 bridgehead atoms. The summed E-state index contributed by atoms with van der Waals surface area (Å²) >= 11 is 0. The van der Waals surface area contributed by atoms with Crippen molar-refractivity contribution in [2.24, 2.45) is 16.2 Å². The zero-order chi connectivity index (χ0) is 23.6. The van der Waals surface area contributed by atoms with Crippen LogP contribution in [0.15, 0.2) is 0 Å². The van der Waals surface area contributed by atoms with Gasteiger partial charge in [0.05, 0.1) is 0 Å². The molecule has 0 aromatic heterocycles. The Bertz CT molecular complexity index is 511. The van der Waals surface area contributed by atoms with Gasteiger partial charge in [0, 0.05) is 37.3 Å². The third kappa shape index (κ3) is 6.01. The van der Waals surface area contributed by atoms with Gasteiger partial charge in [0.1, 0.15) is 0 Å². The van der Waals surface area contributed by atoms with E-state index in [9.17, 15) is 0 Å². The second-order valence-corrected chi connectivity index (χ2v) is 13.0. The predicted octanol–water partition coefficient (Wildman–Crippen LogP) is 6.38. The van der Waals surface area contributed by atoms with Crippen molar-refractivity contribution in [2.45, 2.75) is 113 Å². The molecule has 180 valence electrons. The molecule has 2 rings (SSSR count). The normalized spacial score (nSPS) is 23.1. The minimum absolute atomic E-state index is 0.248. The first-order valence-corrected chi connectivity index (χ1v) is 12.7. The maximum atomic E-state index is 2.76. The molecule has 3 heteroatoms. The first kappa shape index (κ1) is 27.9. The van der Waals surface area contributed by atoms with Crippen LogP contribution in [0, 0.1) is 16.2 Å². The molecule has 0 aromatic carbocycles. The second-order valence-electron chi connectivity index (χ2n) is 13.0. The van der Waals surface area contributed by atoms with Crippen molar-refractivity contribution in [3.63, 3.8) is 0 Å². The van der Waals surface area contributed by atoms with Gasteiger partial charge >= 0.3 is 0 Å². The fourth-order valence-corrected chi connectivity index (χ4v) is 5.53. The Labute approximate surface area is 191 Å². The van der Waals surface area contributed by atoms with E-state index in [1.807, 2.05) is 13.8 Å². The van der Waals surface area contributed by atoms with Gasteiger partial charge in [-0.25, -0.2) is 0 Å². The standard InChI is InChI=1S/C25H51N3.C2H6/c1-21(2,3)24(8,9)28-14-12-25(10,13-15-28)22(4,5)20-23(6,7)27-18-16-26(11)17-19-27;1-2/h12-20H2,1-11H3;1-2H3. The fourth-order valence-electron chi connectivity index (χ4n) is 5.53. The molecule has 2 aliphatic rings. The molecule has 0 unspecified atom stereocenters. The highest BCUT2D eigenvalue weighted by molar-refractivity contribution is 5.02. The van der Waals surface area contributed by atoms with Crippen LogP contribution in [0.2, 0.25) is 0 Å². The molecule has 0 saturated carbocycles. The fraction of sp³-hybridized carbons (Fsp3) is 1.00. The SMILES string of the molecule is CC.CN1CCN(C(C)(C)CC(C)(C)C2(C)CCN(C(C)(C)C(C)(C)C)CC2)CC1. The van der Waals surface area contributed by atoms with E-state index in [4.69, 9.17) is 0 Å². The summed E-state index contributed by atoms with van der Waals surface area (Å²) in [7, 11) is 2.25. The molecule has 30 heavy (non-hydrogen) atoms. The zero-order valence-electron chi connectivity index (χ0n) is 23.2. The summed E-state index contributed by atoms with van der Waals surface area (Å²) in [6.07, 6.45) is 3.92. The van der Waals surface area contributed by atoms with E-state index in [-0.39, 0.29) is 11.1 Å². The number of likely N-dealkylation sites (N-methyl/N-ethyl adjacent to an activating group) is 1. The average molecular weight is 424 g/mol. The molecule has 0 spiro atoms. The Morgan fingerprint density at radius 1 is 0.667 bits per heavy atom. The van der Waals surface area contributed by atoms with Crippen LogP contribution in [0.25, 0.3) is 0 Å². The minimum Gasteiger partial charge on any atom is -0.304 e. The third-order valence-electron chi connectivity index (χ3n) is 9.36. The van der Waals surface area contributed by atoms with Gasteiger partial charge in [-0.3, -0.25) is 9.80 Å². The number of piperazine rings is 1. The maximum Gasteiger partial charge on any atom is 0.0201 e. The van der Waals surface area contributed by atoms with Crippen LogP contribution in [-0.2, 0) is 0 Å². The predicted molar refractivity (Wildman–Crippen MR) is 135 cm³/mol. The summed E-state index contributed by atoms with van der Waals surface area (Å²) in [5.41, 5.74) is 1.59. The van der Waals surface area contributed by atoms with Crippen LogP contribution in [-0.4, -0.2) is 72.1 Å². The van der Waals surface area contributed by atoms with Gasteiger partial charge < -0.3 is 4.90 Å². The molecule has 2 saturated heterocycles. The number of nitrogens with zero attached hydrogens (tertiary/aromatic N) is 3. The van der Waals surface area contributed by atoms with E-state index in [1.54, 1.807) is 0 Å². The van der Waals surface area contributed by atoms with Crippen molar-refractivity contribution in [3.05, 3.63) is 0 Å². The lowest BCUT2D eigenvalue weighted by atomic mass is 9.57. The van der Waals surface area contributed by atoms with Crippen molar-refractivity contribution in [1.82, 2.24) is 14.7 Å². The summed E-state index contributed by atoms with van der Waals surface area (Å²) in [5, 5.41) is 0. The molecule has 0 N–H and O–H groups in total. The largest absolute Gasteiger partial charge is 0.304 e. The highest BCUT2D eigenvalue weighted by Crippen LogP contribution is 2.52. The van der Waals surface area contributed by atoms with Gasteiger partial charge in [-0.15, -0.1) is 0 Å². The molecule has 0 amide bonds. The van der Waals surface area contributed by atoms with E-state index < -0.39 is 0 Å². The van der Waals surface area contributed by atoms with E-state index in [0.29, 0.717) is 16.2 Å². The van der Waals surface area contributed by atoms with Gasteiger partial charge in [-0.05, 0) is 83.3 Å². The van der Waals surface area contributed by atoms with Gasteiger partial charge in [0.2, 0.25) is 0 Å². The Balaban J connectivity index is 0.00000218. The molecule has 0 atom stereocenters. The van der Waals surface area contributed by atoms with E-state index in [0.717, 1.165) is 0 Å². The third-order valence-corrected chi connectivity index (χ3v) is 9.36. The quantitative estimate of drug-likeness (QED) is 0.508. The Kier molecular flexibility index (Phi) is 9.11. The van der Waals surface area contributed by atoms with Gasteiger partial charge in [-0.2, -0.15) is 0 Å². The Morgan fingerprint density at radius 3 is 1.50 bits per heavy atom. The van der Waals surface area contributed by atoms with Crippen LogP contribution in [0.5, 0.6) is 0 Å². The van der Waals surface area contributed by atoms with Crippen molar-refractivity contribution in [3.8, 4) is 0 Å². The Hall–Kier alpha value is -0.120. The van der Waals surface area contributed by atoms with Gasteiger partial charge in [0.25, 0.3) is 0 Å². The number of piperidine rings is 1. The summed E-state index contributed by atoms with van der Waals surface area (Å²) in [5.74, 6) is 0. The highest BCUT2D eigenvalue weighted by atomic mass is 15.3. The molecule has 2 heterocycles. The van der Waals surface area contributed by atoms with Crippen molar-refractivity contribution in [2.75, 3.05) is 46.3 Å². The summed E-state index contributed by atoms with van der Waals surface area (Å²) in [6.45, 7) is 36.0. The first-order chi connectivity index (χ1) is 13.5. The van der Waals surface area contributed by atoms with Crippen LogP contribution in [0.4, 0.5) is 0 Å². The first-order valence-electron chi connectivity index (χ1n) is 12.7. The number of hydrogen-bond donors (Lipinski definition) is 0. The second kappa shape index (κ2) is 9.79. The molecular weight excluding hydrogens is 366 g/mol. The van der Waals surface area contributed by atoms with Crippen LogP contribution >= 0.6 is 0 Å². The summed E-state index contributed by atoms with van der Waals surface area (Å²) < 4.78 is 0. The number of likely N-dealkylation sites (tertiary alicyclic amines) is 1. The molecular formula is C27H57N3. The number of rotatable bonds is 5. The minimum atomic E-state index is 0.248. The summed E-state index contributed by atoms with van der Waals surface area (Å²) in [4.78, 5) is 7.97. The van der Waals surface area contributed by atoms with Gasteiger partial charge in [-0.1, -0.05) is 55.4 Å². The lowest BCUT2D eigenvalue weighted by molar-refractivity contribution is -0.0735. The lowest BCUT2D eigenvalue weighted by Gasteiger charge is -2.57. The molecule has 2 fully saturated rings. The highest BCUT2D eigenvalue weighted by Gasteiger charge is 2.49. The van der Waals surface area contributed by atoms with E-state index >= 15 is 0 Å². The van der Waals surface area contributed by atoms with Crippen LogP contribution in [0.1, 0.15) is 102 Å². The molecule has 3 nitrogen and oxygen atoms in total. The lowest BCUT2D eigenvalue weighted by Crippen LogP contribution is -2.59. The monoisotopic (exact) mass is 423 g/mol. The van der Waals surface area contributed by atoms with Crippen molar-refractivity contribution >= 4 is 0 Å². The van der Waals surface area contributed by atoms with Gasteiger partial charge in [0.15, 0.2) is 0 Å². The van der Waals surface area contributed by atoms with Crippen LogP contribution < -0.4 is 0 Å². The smallest absolute Gasteiger partial charge is 0.0201 e. The molecule has 0 aliphatic carbocycles. The molecule has 0 aromatic rings. The van der Waals surface area contributed by atoms with Crippen molar-refractivity contribution < 1.29 is 0 Å². The molecule has 2 aliphatic heterocycles. The Morgan fingerprint density at radius 2 is 1.10 bits per heavy atom. The zero-order valence-corrected chi connectivity index (χ0v) is 23.2. The topological polar surface area (TPSA) is 9.72 Å². The average Bonchev–Trinajstić information content (AvgIpc) is 2.62. The molecule has 0 radical (unpaired) electrons. The van der Waals surface area contributed by atoms with E-state index in [1.165, 1.54) is 58.5 Å². The van der Waals surface area contributed by atoms with E-state index in [2.05, 4.69) is 91.0 Å².